The van der Waals surface area contributed by atoms with Gasteiger partial charge < -0.3 is 14.8 Å². The smallest absolute Gasteiger partial charge is 0.253 e. The van der Waals surface area contributed by atoms with Crippen molar-refractivity contribution in [1.82, 2.24) is 9.88 Å². The highest BCUT2D eigenvalue weighted by molar-refractivity contribution is 6.31. The first-order chi connectivity index (χ1) is 12.5. The average Bonchev–Trinajstić information content (AvgIpc) is 3.23. The van der Waals surface area contributed by atoms with Crippen molar-refractivity contribution in [3.05, 3.63) is 58.7 Å². The Hall–Kier alpha value is -2.99. The lowest BCUT2D eigenvalue weighted by Crippen LogP contribution is -2.22. The van der Waals surface area contributed by atoms with E-state index in [1.165, 1.54) is 17.7 Å². The molecule has 2 heterocycles. The molecule has 1 N–H and O–H groups in total. The minimum atomic E-state index is -0.282. The van der Waals surface area contributed by atoms with Crippen LogP contribution in [-0.4, -0.2) is 23.2 Å². The number of hydrogen-bond acceptors (Lipinski definition) is 4. The molecule has 1 aliphatic rings. The normalized spacial score (nSPS) is 12.4. The number of fused-ring (bicyclic) bond motifs is 2. The topological polar surface area (TPSA) is 69.6 Å². The number of nitrogens with one attached hydrogen (secondary N) is 1. The molecule has 2 aromatic carbocycles. The van der Waals surface area contributed by atoms with Crippen LogP contribution in [-0.2, 0) is 6.54 Å². The van der Waals surface area contributed by atoms with Crippen LogP contribution in [0.5, 0.6) is 11.5 Å². The lowest BCUT2D eigenvalue weighted by atomic mass is 10.1. The molecule has 6 nitrogen and oxygen atoms in total. The number of halogens is 1. The van der Waals surface area contributed by atoms with Crippen molar-refractivity contribution < 1.29 is 19.1 Å². The molecule has 26 heavy (non-hydrogen) atoms. The number of nitrogens with zero attached hydrogens (tertiary/aromatic N) is 1. The number of aromatic nitrogens is 1. The maximum Gasteiger partial charge on any atom is 0.253 e. The van der Waals surface area contributed by atoms with Crippen molar-refractivity contribution in [2.75, 3.05) is 6.79 Å². The van der Waals surface area contributed by atoms with Gasteiger partial charge in [0.2, 0.25) is 12.7 Å². The van der Waals surface area contributed by atoms with Crippen molar-refractivity contribution in [2.24, 2.45) is 0 Å². The van der Waals surface area contributed by atoms with Crippen LogP contribution in [0.2, 0.25) is 5.02 Å². The third-order valence-electron chi connectivity index (χ3n) is 4.24. The molecule has 1 aliphatic heterocycles. The van der Waals surface area contributed by atoms with E-state index in [-0.39, 0.29) is 18.6 Å². The van der Waals surface area contributed by atoms with Crippen molar-refractivity contribution in [2.45, 2.75) is 13.5 Å². The Morgan fingerprint density at radius 1 is 1.15 bits per heavy atom. The van der Waals surface area contributed by atoms with Gasteiger partial charge in [0.1, 0.15) is 0 Å². The van der Waals surface area contributed by atoms with Gasteiger partial charge in [-0.1, -0.05) is 17.7 Å². The molecule has 0 aliphatic carbocycles. The fraction of sp³-hybridized carbons (Fsp3) is 0.158. The van der Waals surface area contributed by atoms with Gasteiger partial charge in [-0.05, 0) is 35.9 Å². The number of ether oxygens (including phenoxy) is 2. The second-order valence-corrected chi connectivity index (χ2v) is 6.40. The van der Waals surface area contributed by atoms with Crippen LogP contribution in [0.25, 0.3) is 10.9 Å². The molecule has 0 saturated carbocycles. The summed E-state index contributed by atoms with van der Waals surface area (Å²) in [5.74, 6) is 0.901. The molecule has 132 valence electrons. The fourth-order valence-electron chi connectivity index (χ4n) is 2.97. The summed E-state index contributed by atoms with van der Waals surface area (Å²) in [7, 11) is 0. The number of carbonyl (C=O) groups is 2. The van der Waals surface area contributed by atoms with Crippen LogP contribution < -0.4 is 14.8 Å². The molecule has 1 amide bonds. The second-order valence-electron chi connectivity index (χ2n) is 5.96. The Balaban J connectivity index is 1.60. The summed E-state index contributed by atoms with van der Waals surface area (Å²) in [6.07, 6.45) is 1.54. The monoisotopic (exact) mass is 370 g/mol. The Bertz CT molecular complexity index is 1040. The molecule has 0 atom stereocenters. The van der Waals surface area contributed by atoms with E-state index in [0.717, 1.165) is 5.56 Å². The molecule has 0 unspecified atom stereocenters. The van der Waals surface area contributed by atoms with Crippen molar-refractivity contribution in [3.63, 3.8) is 0 Å². The zero-order chi connectivity index (χ0) is 18.3. The van der Waals surface area contributed by atoms with Crippen molar-refractivity contribution in [1.29, 1.82) is 0 Å². The number of hydrogen-bond donors (Lipinski definition) is 1. The quantitative estimate of drug-likeness (QED) is 0.764. The van der Waals surface area contributed by atoms with Crippen LogP contribution in [0.15, 0.2) is 42.6 Å². The molecule has 0 fully saturated rings. The lowest BCUT2D eigenvalue weighted by Gasteiger charge is -2.06. The van der Waals surface area contributed by atoms with Crippen LogP contribution in [0.4, 0.5) is 0 Å². The van der Waals surface area contributed by atoms with E-state index in [0.29, 0.717) is 39.5 Å². The predicted molar refractivity (Wildman–Crippen MR) is 97.0 cm³/mol. The summed E-state index contributed by atoms with van der Waals surface area (Å²) >= 11 is 6.06. The highest BCUT2D eigenvalue weighted by Crippen LogP contribution is 2.32. The first kappa shape index (κ1) is 16.5. The minimum absolute atomic E-state index is 0.174. The SMILES string of the molecule is CC(=O)n1cc(C(=O)NCc2ccc3c(c2)OCO3)c2cc(Cl)ccc21. The van der Waals surface area contributed by atoms with E-state index in [4.69, 9.17) is 21.1 Å². The Labute approximate surface area is 154 Å². The summed E-state index contributed by atoms with van der Waals surface area (Å²) in [6, 6.07) is 10.6. The van der Waals surface area contributed by atoms with E-state index in [9.17, 15) is 9.59 Å². The molecule has 4 rings (SSSR count). The average molecular weight is 371 g/mol. The third kappa shape index (κ3) is 2.88. The zero-order valence-electron chi connectivity index (χ0n) is 13.9. The van der Waals surface area contributed by atoms with Gasteiger partial charge in [-0.25, -0.2) is 0 Å². The Morgan fingerprint density at radius 2 is 1.96 bits per heavy atom. The van der Waals surface area contributed by atoms with Gasteiger partial charge in [0.15, 0.2) is 11.5 Å². The van der Waals surface area contributed by atoms with E-state index in [1.54, 1.807) is 18.2 Å². The number of carbonyl (C=O) groups excluding carboxylic acids is 2. The minimum Gasteiger partial charge on any atom is -0.454 e. The fourth-order valence-corrected chi connectivity index (χ4v) is 3.14. The van der Waals surface area contributed by atoms with E-state index in [1.807, 2.05) is 18.2 Å². The van der Waals surface area contributed by atoms with Crippen LogP contribution in [0.3, 0.4) is 0 Å². The number of amides is 1. The summed E-state index contributed by atoms with van der Waals surface area (Å²) < 4.78 is 12.1. The van der Waals surface area contributed by atoms with Gasteiger partial charge >= 0.3 is 0 Å². The maximum atomic E-state index is 12.7. The Morgan fingerprint density at radius 3 is 2.77 bits per heavy atom. The van der Waals surface area contributed by atoms with Gasteiger partial charge in [-0.3, -0.25) is 14.2 Å². The lowest BCUT2D eigenvalue weighted by molar-refractivity contribution is 0.0941. The predicted octanol–water partition coefficient (Wildman–Crippen LogP) is 3.61. The second kappa shape index (κ2) is 6.38. The molecule has 0 saturated heterocycles. The van der Waals surface area contributed by atoms with Crippen LogP contribution in [0, 0.1) is 0 Å². The van der Waals surface area contributed by atoms with E-state index >= 15 is 0 Å². The molecular formula is C19H15ClN2O4. The molecule has 3 aromatic rings. The van der Waals surface area contributed by atoms with Gasteiger partial charge in [-0.15, -0.1) is 0 Å². The van der Waals surface area contributed by atoms with E-state index in [2.05, 4.69) is 5.32 Å². The number of rotatable bonds is 3. The molecule has 0 bridgehead atoms. The highest BCUT2D eigenvalue weighted by atomic mass is 35.5. The molecule has 7 heteroatoms. The first-order valence-corrected chi connectivity index (χ1v) is 8.39. The first-order valence-electron chi connectivity index (χ1n) is 8.01. The molecule has 1 aromatic heterocycles. The maximum absolute atomic E-state index is 12.7. The highest BCUT2D eigenvalue weighted by Gasteiger charge is 2.18. The van der Waals surface area contributed by atoms with Crippen molar-refractivity contribution in [3.8, 4) is 11.5 Å². The van der Waals surface area contributed by atoms with E-state index < -0.39 is 0 Å². The third-order valence-corrected chi connectivity index (χ3v) is 4.48. The summed E-state index contributed by atoms with van der Waals surface area (Å²) in [4.78, 5) is 24.5. The number of benzene rings is 2. The Kier molecular flexibility index (Phi) is 4.05. The van der Waals surface area contributed by atoms with Gasteiger partial charge in [0, 0.05) is 30.1 Å². The molecule has 0 radical (unpaired) electrons. The largest absolute Gasteiger partial charge is 0.454 e. The molecular weight excluding hydrogens is 356 g/mol. The molecule has 0 spiro atoms. The van der Waals surface area contributed by atoms with Crippen LogP contribution in [0.1, 0.15) is 27.6 Å². The summed E-state index contributed by atoms with van der Waals surface area (Å²) in [6.45, 7) is 1.97. The van der Waals surface area contributed by atoms with Crippen molar-refractivity contribution >= 4 is 34.3 Å². The zero-order valence-corrected chi connectivity index (χ0v) is 14.7. The van der Waals surface area contributed by atoms with Gasteiger partial charge in [-0.2, -0.15) is 0 Å². The van der Waals surface area contributed by atoms with Crippen LogP contribution >= 0.6 is 11.6 Å². The van der Waals surface area contributed by atoms with Gasteiger partial charge in [0.25, 0.3) is 5.91 Å². The van der Waals surface area contributed by atoms with Gasteiger partial charge in [0.05, 0.1) is 11.1 Å². The summed E-state index contributed by atoms with van der Waals surface area (Å²) in [5, 5.41) is 4.01. The standard InChI is InChI=1S/C19H15ClN2O4/c1-11(23)22-9-15(14-7-13(20)3-4-16(14)22)19(24)21-8-12-2-5-17-18(6-12)26-10-25-17/h2-7,9H,8,10H2,1H3,(H,21,24). The summed E-state index contributed by atoms with van der Waals surface area (Å²) in [5.41, 5.74) is 1.93.